The lowest BCUT2D eigenvalue weighted by Crippen LogP contribution is -2.17. The zero-order chi connectivity index (χ0) is 20.1. The molecule has 1 heterocycles. The van der Waals surface area contributed by atoms with Gasteiger partial charge in [0, 0.05) is 5.39 Å². The summed E-state index contributed by atoms with van der Waals surface area (Å²) in [5.41, 5.74) is 4.28. The molecule has 0 saturated heterocycles. The van der Waals surface area contributed by atoms with E-state index in [1.54, 1.807) is 25.5 Å². The van der Waals surface area contributed by atoms with E-state index in [2.05, 4.69) is 15.5 Å². The first-order valence-corrected chi connectivity index (χ1v) is 8.40. The fourth-order valence-electron chi connectivity index (χ4n) is 2.78. The maximum Gasteiger partial charge on any atom is 0.287 e. The molecule has 0 aliphatic rings. The van der Waals surface area contributed by atoms with Crippen LogP contribution in [-0.4, -0.2) is 45.5 Å². The van der Waals surface area contributed by atoms with Gasteiger partial charge in [-0.2, -0.15) is 5.10 Å². The molecule has 0 bridgehead atoms. The van der Waals surface area contributed by atoms with Gasteiger partial charge in [0.2, 0.25) is 5.75 Å². The van der Waals surface area contributed by atoms with Crippen LogP contribution in [0.5, 0.6) is 23.0 Å². The number of ether oxygens (including phenoxy) is 4. The zero-order valence-corrected chi connectivity index (χ0v) is 16.0. The minimum Gasteiger partial charge on any atom is -0.497 e. The molecule has 0 fully saturated rings. The van der Waals surface area contributed by atoms with Crippen molar-refractivity contribution in [2.45, 2.75) is 0 Å². The topological polar surface area (TPSA) is 94.2 Å². The third-order valence-electron chi connectivity index (χ3n) is 4.16. The van der Waals surface area contributed by atoms with Crippen molar-refractivity contribution < 1.29 is 23.7 Å². The van der Waals surface area contributed by atoms with Crippen molar-refractivity contribution in [1.29, 1.82) is 0 Å². The van der Waals surface area contributed by atoms with Crippen molar-refractivity contribution in [3.8, 4) is 23.0 Å². The summed E-state index contributed by atoms with van der Waals surface area (Å²) >= 11 is 0. The Morgan fingerprint density at radius 2 is 1.68 bits per heavy atom. The van der Waals surface area contributed by atoms with E-state index in [0.717, 1.165) is 16.7 Å². The van der Waals surface area contributed by atoms with Crippen LogP contribution in [0, 0.1) is 0 Å². The number of amides is 1. The standard InChI is InChI=1S/C20H21N3O5/c1-25-14-7-5-12(6-8-14)11-21-23-20(24)15-9-13-10-16(26-2)18(27-3)19(28-4)17(13)22-15/h5-11,22H,1-4H3,(H,23,24). The number of rotatable bonds is 7. The van der Waals surface area contributed by atoms with E-state index < -0.39 is 0 Å². The van der Waals surface area contributed by atoms with Gasteiger partial charge in [0.05, 0.1) is 40.2 Å². The van der Waals surface area contributed by atoms with Crippen LogP contribution in [0.1, 0.15) is 16.1 Å². The summed E-state index contributed by atoms with van der Waals surface area (Å²) < 4.78 is 21.2. The molecule has 3 rings (SSSR count). The number of aromatic amines is 1. The van der Waals surface area contributed by atoms with Crippen molar-refractivity contribution in [3.05, 3.63) is 47.7 Å². The Morgan fingerprint density at radius 3 is 2.29 bits per heavy atom. The second-order valence-electron chi connectivity index (χ2n) is 5.76. The van der Waals surface area contributed by atoms with Crippen molar-refractivity contribution >= 4 is 23.0 Å². The fourth-order valence-corrected chi connectivity index (χ4v) is 2.78. The molecule has 0 unspecified atom stereocenters. The lowest BCUT2D eigenvalue weighted by atomic mass is 10.2. The third-order valence-corrected chi connectivity index (χ3v) is 4.16. The quantitative estimate of drug-likeness (QED) is 0.483. The van der Waals surface area contributed by atoms with Gasteiger partial charge in [0.25, 0.3) is 5.91 Å². The molecule has 0 aliphatic carbocycles. The Bertz CT molecular complexity index is 1010. The van der Waals surface area contributed by atoms with E-state index in [-0.39, 0.29) is 5.91 Å². The molecule has 1 amide bonds. The lowest BCUT2D eigenvalue weighted by Gasteiger charge is -2.12. The molecule has 8 nitrogen and oxygen atoms in total. The first-order chi connectivity index (χ1) is 13.6. The summed E-state index contributed by atoms with van der Waals surface area (Å²) in [6.07, 6.45) is 1.55. The van der Waals surface area contributed by atoms with Gasteiger partial charge < -0.3 is 23.9 Å². The SMILES string of the molecule is COc1ccc(C=NNC(=O)c2cc3cc(OC)c(OC)c(OC)c3[nH]2)cc1. The van der Waals surface area contributed by atoms with Crippen molar-refractivity contribution in [3.63, 3.8) is 0 Å². The number of aromatic nitrogens is 1. The van der Waals surface area contributed by atoms with Gasteiger partial charge in [-0.15, -0.1) is 0 Å². The maximum absolute atomic E-state index is 12.4. The number of carbonyl (C=O) groups is 1. The van der Waals surface area contributed by atoms with Crippen LogP contribution in [0.3, 0.4) is 0 Å². The van der Waals surface area contributed by atoms with Crippen molar-refractivity contribution in [2.24, 2.45) is 5.10 Å². The Kier molecular flexibility index (Phi) is 5.69. The van der Waals surface area contributed by atoms with E-state index in [0.29, 0.717) is 28.5 Å². The highest BCUT2D eigenvalue weighted by molar-refractivity contribution is 6.01. The molecule has 2 aromatic carbocycles. The van der Waals surface area contributed by atoms with Gasteiger partial charge in [-0.05, 0) is 42.0 Å². The predicted molar refractivity (Wildman–Crippen MR) is 106 cm³/mol. The Hall–Kier alpha value is -3.68. The van der Waals surface area contributed by atoms with Crippen molar-refractivity contribution in [1.82, 2.24) is 10.4 Å². The average Bonchev–Trinajstić information content (AvgIpc) is 3.16. The van der Waals surface area contributed by atoms with Crippen LogP contribution >= 0.6 is 0 Å². The Morgan fingerprint density at radius 1 is 0.964 bits per heavy atom. The van der Waals surface area contributed by atoms with Gasteiger partial charge in [-0.1, -0.05) is 0 Å². The number of fused-ring (bicyclic) bond motifs is 1. The molecule has 0 saturated carbocycles. The highest BCUT2D eigenvalue weighted by Gasteiger charge is 2.19. The number of benzene rings is 2. The molecule has 0 aliphatic heterocycles. The number of nitrogens with zero attached hydrogens (tertiary/aromatic N) is 1. The number of hydrazone groups is 1. The molecule has 146 valence electrons. The van der Waals surface area contributed by atoms with Crippen LogP contribution in [0.2, 0.25) is 0 Å². The molecule has 0 radical (unpaired) electrons. The normalized spacial score (nSPS) is 10.9. The lowest BCUT2D eigenvalue weighted by molar-refractivity contribution is 0.0951. The van der Waals surface area contributed by atoms with Gasteiger partial charge in [0.1, 0.15) is 11.4 Å². The van der Waals surface area contributed by atoms with E-state index in [1.807, 2.05) is 24.3 Å². The molecule has 8 heteroatoms. The predicted octanol–water partition coefficient (Wildman–Crippen LogP) is 2.97. The second-order valence-corrected chi connectivity index (χ2v) is 5.76. The maximum atomic E-state index is 12.4. The molecular formula is C20H21N3O5. The Balaban J connectivity index is 1.82. The molecular weight excluding hydrogens is 362 g/mol. The smallest absolute Gasteiger partial charge is 0.287 e. The third kappa shape index (κ3) is 3.71. The number of nitrogens with one attached hydrogen (secondary N) is 2. The summed E-state index contributed by atoms with van der Waals surface area (Å²) in [6, 6.07) is 10.8. The number of hydrogen-bond acceptors (Lipinski definition) is 6. The summed E-state index contributed by atoms with van der Waals surface area (Å²) in [7, 11) is 6.19. The summed E-state index contributed by atoms with van der Waals surface area (Å²) in [4.78, 5) is 15.5. The monoisotopic (exact) mass is 383 g/mol. The largest absolute Gasteiger partial charge is 0.497 e. The number of H-pyrrole nitrogens is 1. The number of carbonyl (C=O) groups excluding carboxylic acids is 1. The zero-order valence-electron chi connectivity index (χ0n) is 16.0. The summed E-state index contributed by atoms with van der Waals surface area (Å²) in [5.74, 6) is 1.77. The Labute approximate surface area is 162 Å². The molecule has 3 aromatic rings. The van der Waals surface area contributed by atoms with E-state index in [1.165, 1.54) is 21.3 Å². The summed E-state index contributed by atoms with van der Waals surface area (Å²) in [5, 5.41) is 4.74. The van der Waals surface area contributed by atoms with Gasteiger partial charge in [-0.25, -0.2) is 5.43 Å². The van der Waals surface area contributed by atoms with Crippen LogP contribution in [0.4, 0.5) is 0 Å². The first-order valence-electron chi connectivity index (χ1n) is 8.40. The molecule has 28 heavy (non-hydrogen) atoms. The van der Waals surface area contributed by atoms with E-state index in [4.69, 9.17) is 18.9 Å². The van der Waals surface area contributed by atoms with Gasteiger partial charge in [0.15, 0.2) is 11.5 Å². The van der Waals surface area contributed by atoms with Crippen molar-refractivity contribution in [2.75, 3.05) is 28.4 Å². The minimum absolute atomic E-state index is 0.329. The van der Waals surface area contributed by atoms with Crippen LogP contribution < -0.4 is 24.4 Å². The molecule has 1 aromatic heterocycles. The second kappa shape index (κ2) is 8.34. The highest BCUT2D eigenvalue weighted by Crippen LogP contribution is 2.43. The van der Waals surface area contributed by atoms with E-state index in [9.17, 15) is 4.79 Å². The molecule has 2 N–H and O–H groups in total. The fraction of sp³-hybridized carbons (Fsp3) is 0.200. The highest BCUT2D eigenvalue weighted by atomic mass is 16.5. The molecule has 0 atom stereocenters. The van der Waals surface area contributed by atoms with E-state index >= 15 is 0 Å². The summed E-state index contributed by atoms with van der Waals surface area (Å²) in [6.45, 7) is 0. The number of methoxy groups -OCH3 is 4. The average molecular weight is 383 g/mol. The van der Waals surface area contributed by atoms with Crippen LogP contribution in [0.25, 0.3) is 10.9 Å². The first kappa shape index (κ1) is 19.1. The van der Waals surface area contributed by atoms with Gasteiger partial charge >= 0.3 is 0 Å². The van der Waals surface area contributed by atoms with Crippen LogP contribution in [-0.2, 0) is 0 Å². The minimum atomic E-state index is -0.388. The van der Waals surface area contributed by atoms with Gasteiger partial charge in [-0.3, -0.25) is 4.79 Å². The molecule has 0 spiro atoms. The number of hydrogen-bond donors (Lipinski definition) is 2. The van der Waals surface area contributed by atoms with Crippen LogP contribution in [0.15, 0.2) is 41.5 Å².